The molecule has 21 heavy (non-hydrogen) atoms. The van der Waals surface area contributed by atoms with Crippen molar-refractivity contribution >= 4 is 10.0 Å². The summed E-state index contributed by atoms with van der Waals surface area (Å²) in [5.74, 6) is 0. The first-order valence-electron chi connectivity index (χ1n) is 7.32. The minimum atomic E-state index is -3.72. The van der Waals surface area contributed by atoms with Gasteiger partial charge in [-0.3, -0.25) is 4.79 Å². The number of aromatic nitrogens is 1. The van der Waals surface area contributed by atoms with Crippen LogP contribution >= 0.6 is 0 Å². The van der Waals surface area contributed by atoms with E-state index < -0.39 is 15.5 Å². The minimum absolute atomic E-state index is 0.00311. The van der Waals surface area contributed by atoms with Gasteiger partial charge in [0.2, 0.25) is 15.5 Å². The molecule has 0 radical (unpaired) electrons. The number of sulfonamides is 1. The Labute approximate surface area is 125 Å². The van der Waals surface area contributed by atoms with Gasteiger partial charge in [0.25, 0.3) is 0 Å². The van der Waals surface area contributed by atoms with Crippen molar-refractivity contribution in [3.8, 4) is 0 Å². The van der Waals surface area contributed by atoms with E-state index in [9.17, 15) is 13.2 Å². The second kappa shape index (κ2) is 4.43. The molecule has 1 aromatic rings. The summed E-state index contributed by atoms with van der Waals surface area (Å²) in [5, 5.41) is 0. The number of fused-ring (bicyclic) bond motifs is 2. The summed E-state index contributed by atoms with van der Waals surface area (Å²) in [6, 6.07) is 1.27. The van der Waals surface area contributed by atoms with Crippen LogP contribution in [-0.2, 0) is 10.0 Å². The van der Waals surface area contributed by atoms with Crippen LogP contribution in [0.25, 0.3) is 0 Å². The van der Waals surface area contributed by atoms with Gasteiger partial charge in [-0.15, -0.1) is 0 Å². The van der Waals surface area contributed by atoms with Crippen LogP contribution in [0.1, 0.15) is 40.0 Å². The molecule has 2 heterocycles. The van der Waals surface area contributed by atoms with Gasteiger partial charge >= 0.3 is 0 Å². The SMILES string of the molecule is CC1(C)CC2CC(C)(CN2S(=O)(=O)c2c[nH]ccc2=O)C1. The summed E-state index contributed by atoms with van der Waals surface area (Å²) in [6.07, 6.45) is 5.52. The fourth-order valence-electron chi connectivity index (χ4n) is 4.42. The molecule has 1 aliphatic carbocycles. The van der Waals surface area contributed by atoms with Gasteiger partial charge in [0, 0.05) is 31.0 Å². The molecule has 1 N–H and O–H groups in total. The fourth-order valence-corrected chi connectivity index (χ4v) is 6.23. The van der Waals surface area contributed by atoms with E-state index in [0.29, 0.717) is 6.54 Å². The number of nitrogens with one attached hydrogen (secondary N) is 1. The minimum Gasteiger partial charge on any atom is -0.366 e. The zero-order valence-corrected chi connectivity index (χ0v) is 13.5. The summed E-state index contributed by atoms with van der Waals surface area (Å²) in [7, 11) is -3.72. The van der Waals surface area contributed by atoms with E-state index in [1.54, 1.807) is 4.31 Å². The molecule has 1 saturated heterocycles. The van der Waals surface area contributed by atoms with Gasteiger partial charge in [-0.2, -0.15) is 4.31 Å². The molecule has 0 spiro atoms. The molecule has 1 aliphatic heterocycles. The first-order chi connectivity index (χ1) is 9.63. The van der Waals surface area contributed by atoms with Crippen LogP contribution in [0, 0.1) is 10.8 Å². The van der Waals surface area contributed by atoms with E-state index in [-0.39, 0.29) is 21.8 Å². The lowest BCUT2D eigenvalue weighted by Crippen LogP contribution is -2.39. The van der Waals surface area contributed by atoms with Gasteiger partial charge in [0.1, 0.15) is 4.90 Å². The van der Waals surface area contributed by atoms with Gasteiger partial charge in [-0.1, -0.05) is 20.8 Å². The molecular weight excluding hydrogens is 288 g/mol. The van der Waals surface area contributed by atoms with Gasteiger partial charge in [0.15, 0.2) is 0 Å². The number of pyridine rings is 1. The molecule has 2 fully saturated rings. The zero-order valence-electron chi connectivity index (χ0n) is 12.7. The second-order valence-electron chi connectivity index (χ2n) is 7.64. The Bertz CT molecular complexity index is 722. The van der Waals surface area contributed by atoms with Crippen LogP contribution < -0.4 is 5.43 Å². The molecule has 1 aromatic heterocycles. The van der Waals surface area contributed by atoms with Crippen molar-refractivity contribution in [1.29, 1.82) is 0 Å². The summed E-state index contributed by atoms with van der Waals surface area (Å²) in [6.45, 7) is 7.06. The topological polar surface area (TPSA) is 70.2 Å². The number of rotatable bonds is 2. The zero-order chi connectivity index (χ0) is 15.5. The molecule has 1 saturated carbocycles. The highest BCUT2D eigenvalue weighted by molar-refractivity contribution is 7.89. The first-order valence-corrected chi connectivity index (χ1v) is 8.76. The number of aromatic amines is 1. The third-order valence-corrected chi connectivity index (χ3v) is 6.66. The number of nitrogens with zero attached hydrogens (tertiary/aromatic N) is 1. The van der Waals surface area contributed by atoms with Crippen LogP contribution in [-0.4, -0.2) is 30.3 Å². The highest BCUT2D eigenvalue weighted by atomic mass is 32.2. The Morgan fingerprint density at radius 2 is 2.00 bits per heavy atom. The smallest absolute Gasteiger partial charge is 0.248 e. The maximum atomic E-state index is 12.9. The second-order valence-corrected chi connectivity index (χ2v) is 9.50. The van der Waals surface area contributed by atoms with E-state index in [0.717, 1.165) is 19.3 Å². The Hall–Kier alpha value is -1.14. The van der Waals surface area contributed by atoms with Crippen LogP contribution in [0.15, 0.2) is 28.2 Å². The van der Waals surface area contributed by atoms with Crippen molar-refractivity contribution in [3.05, 3.63) is 28.7 Å². The standard InChI is InChI=1S/C15H22N2O3S/c1-14(2)6-11-7-15(3,9-14)10-17(11)21(19,20)13-8-16-5-4-12(13)18/h4-5,8,11H,6-7,9-10H2,1-3H3,(H,16,18). The molecule has 2 bridgehead atoms. The predicted octanol–water partition coefficient (Wildman–Crippen LogP) is 1.96. The van der Waals surface area contributed by atoms with E-state index in [4.69, 9.17) is 0 Å². The van der Waals surface area contributed by atoms with Crippen LogP contribution in [0.5, 0.6) is 0 Å². The summed E-state index contributed by atoms with van der Waals surface area (Å²) >= 11 is 0. The largest absolute Gasteiger partial charge is 0.366 e. The average molecular weight is 310 g/mol. The predicted molar refractivity (Wildman–Crippen MR) is 80.5 cm³/mol. The molecule has 2 unspecified atom stereocenters. The van der Waals surface area contributed by atoms with Crippen molar-refractivity contribution in [1.82, 2.24) is 9.29 Å². The molecule has 116 valence electrons. The normalized spacial score (nSPS) is 32.2. The van der Waals surface area contributed by atoms with Gasteiger partial charge in [-0.25, -0.2) is 8.42 Å². The Morgan fingerprint density at radius 1 is 1.29 bits per heavy atom. The van der Waals surface area contributed by atoms with Crippen LogP contribution in [0.3, 0.4) is 0 Å². The van der Waals surface area contributed by atoms with Crippen molar-refractivity contribution in [2.45, 2.75) is 51.0 Å². The number of H-pyrrole nitrogens is 1. The average Bonchev–Trinajstić information content (AvgIpc) is 2.59. The van der Waals surface area contributed by atoms with E-state index in [1.807, 2.05) is 0 Å². The maximum absolute atomic E-state index is 12.9. The van der Waals surface area contributed by atoms with E-state index in [1.165, 1.54) is 18.5 Å². The highest BCUT2D eigenvalue weighted by Gasteiger charge is 2.53. The Morgan fingerprint density at radius 3 is 2.67 bits per heavy atom. The van der Waals surface area contributed by atoms with Crippen LogP contribution in [0.2, 0.25) is 0 Å². The number of hydrogen-bond acceptors (Lipinski definition) is 3. The fraction of sp³-hybridized carbons (Fsp3) is 0.667. The first kappa shape index (κ1) is 14.8. The van der Waals surface area contributed by atoms with Crippen molar-refractivity contribution in [3.63, 3.8) is 0 Å². The summed E-state index contributed by atoms with van der Waals surface area (Å²) in [4.78, 5) is 14.5. The molecule has 0 amide bonds. The Kier molecular flexibility index (Phi) is 3.12. The number of hydrogen-bond donors (Lipinski definition) is 1. The lowest BCUT2D eigenvalue weighted by Gasteiger charge is -2.39. The van der Waals surface area contributed by atoms with Gasteiger partial charge in [0.05, 0.1) is 0 Å². The molecule has 0 aromatic carbocycles. The van der Waals surface area contributed by atoms with E-state index in [2.05, 4.69) is 25.8 Å². The van der Waals surface area contributed by atoms with Gasteiger partial charge in [-0.05, 0) is 30.1 Å². The quantitative estimate of drug-likeness (QED) is 0.908. The highest BCUT2D eigenvalue weighted by Crippen LogP contribution is 2.53. The monoisotopic (exact) mass is 310 g/mol. The molecule has 5 nitrogen and oxygen atoms in total. The maximum Gasteiger partial charge on any atom is 0.248 e. The lowest BCUT2D eigenvalue weighted by atomic mass is 9.65. The lowest BCUT2D eigenvalue weighted by molar-refractivity contribution is 0.133. The van der Waals surface area contributed by atoms with Crippen molar-refractivity contribution in [2.24, 2.45) is 10.8 Å². The molecule has 2 atom stereocenters. The Balaban J connectivity index is 2.02. The van der Waals surface area contributed by atoms with Gasteiger partial charge < -0.3 is 4.98 Å². The molecule has 6 heteroatoms. The van der Waals surface area contributed by atoms with Crippen LogP contribution in [0.4, 0.5) is 0 Å². The summed E-state index contributed by atoms with van der Waals surface area (Å²) in [5.41, 5.74) is -0.286. The van der Waals surface area contributed by atoms with E-state index >= 15 is 0 Å². The molecule has 2 aliphatic rings. The molecular formula is C15H22N2O3S. The molecule has 3 rings (SSSR count). The van der Waals surface area contributed by atoms with Crippen molar-refractivity contribution < 1.29 is 8.42 Å². The van der Waals surface area contributed by atoms with Crippen molar-refractivity contribution in [2.75, 3.05) is 6.54 Å². The summed E-state index contributed by atoms with van der Waals surface area (Å²) < 4.78 is 27.3. The third-order valence-electron chi connectivity index (χ3n) is 4.74. The third kappa shape index (κ3) is 2.44.